The molecule has 0 bridgehead atoms. The zero-order valence-corrected chi connectivity index (χ0v) is 10.4. The van der Waals surface area contributed by atoms with Crippen LogP contribution in [0.25, 0.3) is 0 Å². The lowest BCUT2D eigenvalue weighted by Gasteiger charge is -2.18. The van der Waals surface area contributed by atoms with E-state index in [0.717, 1.165) is 0 Å². The van der Waals surface area contributed by atoms with Gasteiger partial charge in [-0.05, 0) is 38.3 Å². The van der Waals surface area contributed by atoms with Gasteiger partial charge in [-0.2, -0.15) is 0 Å². The van der Waals surface area contributed by atoms with Crippen molar-refractivity contribution in [2.45, 2.75) is 31.7 Å². The molecule has 0 aromatic heterocycles. The number of halogens is 1. The molecule has 3 N–H and O–H groups in total. The van der Waals surface area contributed by atoms with E-state index in [9.17, 15) is 9.18 Å². The number of carboxylic acids is 1. The van der Waals surface area contributed by atoms with Gasteiger partial charge in [0.05, 0.1) is 6.61 Å². The first-order valence-electron chi connectivity index (χ1n) is 5.83. The maximum atomic E-state index is 13.2. The van der Waals surface area contributed by atoms with E-state index in [0.29, 0.717) is 25.9 Å². The van der Waals surface area contributed by atoms with Crippen LogP contribution < -0.4 is 10.5 Å². The molecule has 0 heterocycles. The molecule has 1 atom stereocenters. The molecule has 1 aromatic rings. The summed E-state index contributed by atoms with van der Waals surface area (Å²) in [6, 6.07) is 6.17. The van der Waals surface area contributed by atoms with Crippen LogP contribution in [-0.4, -0.2) is 23.2 Å². The maximum Gasteiger partial charge on any atom is 0.323 e. The van der Waals surface area contributed by atoms with E-state index in [2.05, 4.69) is 0 Å². The average Bonchev–Trinajstić information content (AvgIpc) is 2.30. The lowest BCUT2D eigenvalue weighted by molar-refractivity contribution is -0.142. The second-order valence-corrected chi connectivity index (χ2v) is 4.46. The molecular formula is C13H18FNO3. The van der Waals surface area contributed by atoms with E-state index >= 15 is 0 Å². The van der Waals surface area contributed by atoms with Gasteiger partial charge in [0.15, 0.2) is 11.6 Å². The topological polar surface area (TPSA) is 72.5 Å². The lowest BCUT2D eigenvalue weighted by Crippen LogP contribution is -2.44. The molecule has 0 radical (unpaired) electrons. The molecule has 0 aliphatic carbocycles. The summed E-state index contributed by atoms with van der Waals surface area (Å²) in [5, 5.41) is 8.81. The summed E-state index contributed by atoms with van der Waals surface area (Å²) in [4.78, 5) is 10.7. The van der Waals surface area contributed by atoms with E-state index in [1.54, 1.807) is 18.2 Å². The van der Waals surface area contributed by atoms with E-state index in [4.69, 9.17) is 15.6 Å². The van der Waals surface area contributed by atoms with Crippen LogP contribution in [0.2, 0.25) is 0 Å². The Morgan fingerprint density at radius 1 is 1.44 bits per heavy atom. The number of ether oxygens (including phenoxy) is 1. The summed E-state index contributed by atoms with van der Waals surface area (Å²) >= 11 is 0. The van der Waals surface area contributed by atoms with Crippen LogP contribution in [0.4, 0.5) is 4.39 Å². The molecule has 1 rings (SSSR count). The van der Waals surface area contributed by atoms with Crippen LogP contribution in [0.15, 0.2) is 24.3 Å². The van der Waals surface area contributed by atoms with Gasteiger partial charge >= 0.3 is 5.97 Å². The molecule has 100 valence electrons. The summed E-state index contributed by atoms with van der Waals surface area (Å²) in [5.41, 5.74) is 4.37. The maximum absolute atomic E-state index is 13.2. The fourth-order valence-corrected chi connectivity index (χ4v) is 1.45. The van der Waals surface area contributed by atoms with Crippen molar-refractivity contribution in [2.24, 2.45) is 5.73 Å². The summed E-state index contributed by atoms with van der Waals surface area (Å²) < 4.78 is 18.4. The Morgan fingerprint density at radius 3 is 2.72 bits per heavy atom. The Labute approximate surface area is 106 Å². The van der Waals surface area contributed by atoms with Crippen LogP contribution in [-0.2, 0) is 4.79 Å². The molecule has 1 aromatic carbocycles. The molecule has 1 unspecified atom stereocenters. The van der Waals surface area contributed by atoms with Gasteiger partial charge in [0.25, 0.3) is 0 Å². The van der Waals surface area contributed by atoms with Gasteiger partial charge in [-0.25, -0.2) is 4.39 Å². The van der Waals surface area contributed by atoms with Crippen LogP contribution in [0, 0.1) is 5.82 Å². The zero-order valence-electron chi connectivity index (χ0n) is 10.4. The number of hydrogen-bond donors (Lipinski definition) is 2. The summed E-state index contributed by atoms with van der Waals surface area (Å²) in [5.74, 6) is -1.20. The van der Waals surface area contributed by atoms with Crippen LogP contribution in [0.3, 0.4) is 0 Å². The van der Waals surface area contributed by atoms with Gasteiger partial charge in [0.1, 0.15) is 5.54 Å². The minimum absolute atomic E-state index is 0.214. The van der Waals surface area contributed by atoms with Crippen molar-refractivity contribution in [3.8, 4) is 5.75 Å². The highest BCUT2D eigenvalue weighted by Gasteiger charge is 2.26. The number of hydrogen-bond acceptors (Lipinski definition) is 3. The standard InChI is InChI=1S/C13H18FNO3/c1-13(15,12(16)17)8-4-5-9-18-11-7-3-2-6-10(11)14/h2-3,6-7H,4-5,8-9,15H2,1H3,(H,16,17). The van der Waals surface area contributed by atoms with Crippen molar-refractivity contribution >= 4 is 5.97 Å². The lowest BCUT2D eigenvalue weighted by atomic mass is 9.97. The fraction of sp³-hybridized carbons (Fsp3) is 0.462. The molecule has 0 aliphatic heterocycles. The normalized spacial score (nSPS) is 13.9. The minimum atomic E-state index is -1.21. The molecule has 0 fully saturated rings. The summed E-state index contributed by atoms with van der Waals surface area (Å²) in [6.45, 7) is 1.82. The van der Waals surface area contributed by atoms with Crippen molar-refractivity contribution in [1.82, 2.24) is 0 Å². The quantitative estimate of drug-likeness (QED) is 0.732. The number of unbranched alkanes of at least 4 members (excludes halogenated alkanes) is 1. The Kier molecular flexibility index (Phi) is 5.09. The SMILES string of the molecule is CC(N)(CCCCOc1ccccc1F)C(=O)O. The van der Waals surface area contributed by atoms with Crippen molar-refractivity contribution in [3.63, 3.8) is 0 Å². The molecule has 0 aliphatic rings. The highest BCUT2D eigenvalue weighted by molar-refractivity contribution is 5.77. The number of benzene rings is 1. The highest BCUT2D eigenvalue weighted by atomic mass is 19.1. The van der Waals surface area contributed by atoms with E-state index in [1.807, 2.05) is 0 Å². The fourth-order valence-electron chi connectivity index (χ4n) is 1.45. The molecule has 4 nitrogen and oxygen atoms in total. The Bertz CT molecular complexity index is 407. The third-order valence-corrected chi connectivity index (χ3v) is 2.67. The number of carbonyl (C=O) groups is 1. The second kappa shape index (κ2) is 6.35. The molecule has 0 spiro atoms. The van der Waals surface area contributed by atoms with Crippen LogP contribution >= 0.6 is 0 Å². The first-order valence-corrected chi connectivity index (χ1v) is 5.83. The monoisotopic (exact) mass is 255 g/mol. The van der Waals surface area contributed by atoms with Crippen LogP contribution in [0.5, 0.6) is 5.75 Å². The zero-order chi connectivity index (χ0) is 13.6. The number of carboxylic acid groups (broad SMARTS) is 1. The van der Waals surface area contributed by atoms with Gasteiger partial charge in [0, 0.05) is 0 Å². The third-order valence-electron chi connectivity index (χ3n) is 2.67. The molecule has 0 amide bonds. The third kappa shape index (κ3) is 4.33. The van der Waals surface area contributed by atoms with Gasteiger partial charge in [-0.3, -0.25) is 4.79 Å². The summed E-state index contributed by atoms with van der Waals surface area (Å²) in [7, 11) is 0. The number of rotatable bonds is 7. The largest absolute Gasteiger partial charge is 0.491 e. The average molecular weight is 255 g/mol. The molecule has 0 saturated carbocycles. The van der Waals surface area contributed by atoms with E-state index in [1.165, 1.54) is 13.0 Å². The highest BCUT2D eigenvalue weighted by Crippen LogP contribution is 2.16. The number of nitrogens with two attached hydrogens (primary N) is 1. The van der Waals surface area contributed by atoms with E-state index < -0.39 is 17.3 Å². The van der Waals surface area contributed by atoms with Gasteiger partial charge in [-0.15, -0.1) is 0 Å². The van der Waals surface area contributed by atoms with Crippen LogP contribution in [0.1, 0.15) is 26.2 Å². The molecule has 5 heteroatoms. The van der Waals surface area contributed by atoms with Gasteiger partial charge < -0.3 is 15.6 Å². The molecule has 18 heavy (non-hydrogen) atoms. The van der Waals surface area contributed by atoms with Crippen molar-refractivity contribution in [3.05, 3.63) is 30.1 Å². The second-order valence-electron chi connectivity index (χ2n) is 4.46. The predicted molar refractivity (Wildman–Crippen MR) is 66.0 cm³/mol. The predicted octanol–water partition coefficient (Wildman–Crippen LogP) is 2.18. The Morgan fingerprint density at radius 2 is 2.11 bits per heavy atom. The van der Waals surface area contributed by atoms with Crippen molar-refractivity contribution in [2.75, 3.05) is 6.61 Å². The first-order chi connectivity index (χ1) is 8.43. The first kappa shape index (κ1) is 14.4. The van der Waals surface area contributed by atoms with Crippen molar-refractivity contribution in [1.29, 1.82) is 0 Å². The minimum Gasteiger partial charge on any atom is -0.491 e. The van der Waals surface area contributed by atoms with Gasteiger partial charge in [0.2, 0.25) is 0 Å². The number of para-hydroxylation sites is 1. The Balaban J connectivity index is 2.24. The summed E-state index contributed by atoms with van der Waals surface area (Å²) in [6.07, 6.45) is 1.62. The Hall–Kier alpha value is -1.62. The smallest absolute Gasteiger partial charge is 0.323 e. The molecular weight excluding hydrogens is 237 g/mol. The number of aliphatic carboxylic acids is 1. The van der Waals surface area contributed by atoms with Crippen molar-refractivity contribution < 1.29 is 19.0 Å². The van der Waals surface area contributed by atoms with E-state index in [-0.39, 0.29) is 5.75 Å². The molecule has 0 saturated heterocycles. The van der Waals surface area contributed by atoms with Gasteiger partial charge in [-0.1, -0.05) is 12.1 Å².